The number of aliphatic carboxylic acids is 2. The van der Waals surface area contributed by atoms with Crippen LogP contribution in [0.3, 0.4) is 0 Å². The van der Waals surface area contributed by atoms with Gasteiger partial charge < -0.3 is 10.2 Å². The van der Waals surface area contributed by atoms with E-state index in [0.29, 0.717) is 0 Å². The molecule has 4 nitrogen and oxygen atoms in total. The number of carbonyl (C=O) groups is 2. The quantitative estimate of drug-likeness (QED) is 0.753. The Morgan fingerprint density at radius 2 is 1.94 bits per heavy atom. The molecular weight excluding hydrogens is 212 g/mol. The molecule has 0 saturated heterocycles. The summed E-state index contributed by atoms with van der Waals surface area (Å²) in [5, 5.41) is 17.4. The third-order valence-electron chi connectivity index (χ3n) is 2.39. The second kappa shape index (κ2) is 5.30. The van der Waals surface area contributed by atoms with E-state index in [4.69, 9.17) is 10.2 Å². The van der Waals surface area contributed by atoms with Gasteiger partial charge in [-0.3, -0.25) is 9.59 Å². The zero-order chi connectivity index (χ0) is 12.1. The van der Waals surface area contributed by atoms with E-state index in [-0.39, 0.29) is 12.8 Å². The second-order valence-electron chi connectivity index (χ2n) is 3.80. The molecule has 1 aromatic rings. The fraction of sp³-hybridized carbons (Fsp3) is 0.333. The van der Waals surface area contributed by atoms with Crippen molar-refractivity contribution in [1.82, 2.24) is 0 Å². The van der Waals surface area contributed by atoms with Crippen LogP contribution in [0.4, 0.5) is 0 Å². The molecule has 0 spiro atoms. The number of benzene rings is 1. The standard InChI is InChI=1S/C12H14O4/c1-8-2-4-9(5-3-8)10(6-11(13)14)7-12(15)16/h2-5,10H,6-7H2,1H3,(H,13,14)(H,15,16)/i13+2,14+2. The van der Waals surface area contributed by atoms with E-state index >= 15 is 0 Å². The van der Waals surface area contributed by atoms with Gasteiger partial charge in [0.25, 0.3) is 0 Å². The van der Waals surface area contributed by atoms with Crippen molar-refractivity contribution in [1.29, 1.82) is 0 Å². The Bertz CT molecular complexity index is 365. The molecule has 0 radical (unpaired) electrons. The lowest BCUT2D eigenvalue weighted by molar-refractivity contribution is -0.139. The fourth-order valence-corrected chi connectivity index (χ4v) is 1.57. The van der Waals surface area contributed by atoms with Crippen molar-refractivity contribution in [3.05, 3.63) is 35.4 Å². The van der Waals surface area contributed by atoms with Gasteiger partial charge in [0, 0.05) is 5.92 Å². The van der Waals surface area contributed by atoms with Crippen LogP contribution < -0.4 is 0 Å². The second-order valence-corrected chi connectivity index (χ2v) is 3.80. The number of carboxylic acids is 2. The van der Waals surface area contributed by atoms with Crippen LogP contribution >= 0.6 is 0 Å². The minimum absolute atomic E-state index is 0.157. The zero-order valence-electron chi connectivity index (χ0n) is 9.01. The Labute approximate surface area is 93.5 Å². The maximum Gasteiger partial charge on any atom is 0.303 e. The van der Waals surface area contributed by atoms with Crippen molar-refractivity contribution in [2.75, 3.05) is 0 Å². The van der Waals surface area contributed by atoms with Crippen LogP contribution in [-0.4, -0.2) is 22.2 Å². The van der Waals surface area contributed by atoms with Crippen LogP contribution in [-0.2, 0) is 9.59 Å². The highest BCUT2D eigenvalue weighted by Crippen LogP contribution is 2.23. The lowest BCUT2D eigenvalue weighted by Crippen LogP contribution is -2.11. The first kappa shape index (κ1) is 12.2. The van der Waals surface area contributed by atoms with Crippen LogP contribution in [0.1, 0.15) is 29.9 Å². The minimum atomic E-state index is -0.980. The van der Waals surface area contributed by atoms with Gasteiger partial charge in [0.1, 0.15) is 0 Å². The van der Waals surface area contributed by atoms with Crippen molar-refractivity contribution < 1.29 is 19.8 Å². The predicted octanol–water partition coefficient (Wildman–Crippen LogP) is 2.03. The molecule has 0 aromatic heterocycles. The highest BCUT2D eigenvalue weighted by molar-refractivity contribution is 5.72. The predicted molar refractivity (Wildman–Crippen MR) is 58.4 cm³/mol. The molecule has 0 aliphatic rings. The molecule has 16 heavy (non-hydrogen) atoms. The summed E-state index contributed by atoms with van der Waals surface area (Å²) in [5.41, 5.74) is 1.82. The molecule has 2 N–H and O–H groups in total. The molecule has 0 heterocycles. The third kappa shape index (κ3) is 3.73. The SMILES string of the molecule is Cc1ccc(C(CC(=O)O)CC(=[18O])[18OH])cc1. The largest absolute Gasteiger partial charge is 0.481 e. The van der Waals surface area contributed by atoms with Gasteiger partial charge in [0.05, 0.1) is 12.8 Å². The van der Waals surface area contributed by atoms with Crippen LogP contribution in [0, 0.1) is 6.92 Å². The van der Waals surface area contributed by atoms with E-state index in [9.17, 15) is 9.59 Å². The van der Waals surface area contributed by atoms with Crippen molar-refractivity contribution in [2.45, 2.75) is 25.7 Å². The molecule has 0 bridgehead atoms. The Balaban J connectivity index is 2.86. The Morgan fingerprint density at radius 1 is 1.38 bits per heavy atom. The molecule has 0 fully saturated rings. The molecule has 86 valence electrons. The molecule has 1 atom stereocenters. The normalized spacial score (nSPS) is 12.1. The molecular formula is C12H14O4. The first-order valence-corrected chi connectivity index (χ1v) is 4.99. The van der Waals surface area contributed by atoms with Gasteiger partial charge in [0.15, 0.2) is 0 Å². The van der Waals surface area contributed by atoms with Crippen molar-refractivity contribution in [3.8, 4) is 0 Å². The maximum absolute atomic E-state index is 10.6. The average molecular weight is 226 g/mol. The van der Waals surface area contributed by atoms with Gasteiger partial charge in [-0.15, -0.1) is 0 Å². The van der Waals surface area contributed by atoms with E-state index in [0.717, 1.165) is 11.1 Å². The fourth-order valence-electron chi connectivity index (χ4n) is 1.57. The van der Waals surface area contributed by atoms with Crippen molar-refractivity contribution in [2.24, 2.45) is 0 Å². The van der Waals surface area contributed by atoms with E-state index in [2.05, 4.69) is 0 Å². The average Bonchev–Trinajstić information content (AvgIpc) is 2.16. The Hall–Kier alpha value is -1.84. The summed E-state index contributed by atoms with van der Waals surface area (Å²) in [6, 6.07) is 7.27. The molecule has 0 saturated carbocycles. The van der Waals surface area contributed by atoms with E-state index in [1.165, 1.54) is 0 Å². The lowest BCUT2D eigenvalue weighted by atomic mass is 9.92. The van der Waals surface area contributed by atoms with E-state index in [1.807, 2.05) is 19.1 Å². The molecule has 0 amide bonds. The Kier molecular flexibility index (Phi) is 4.05. The summed E-state index contributed by atoms with van der Waals surface area (Å²) in [7, 11) is 0. The van der Waals surface area contributed by atoms with Gasteiger partial charge >= 0.3 is 11.9 Å². The first-order chi connectivity index (χ1) is 7.49. The van der Waals surface area contributed by atoms with Gasteiger partial charge in [-0.1, -0.05) is 29.8 Å². The van der Waals surface area contributed by atoms with Crippen LogP contribution in [0.15, 0.2) is 24.3 Å². The molecule has 1 unspecified atom stereocenters. The van der Waals surface area contributed by atoms with Gasteiger partial charge in [-0.05, 0) is 12.5 Å². The highest BCUT2D eigenvalue weighted by atomic mass is 18.2. The summed E-state index contributed by atoms with van der Waals surface area (Å²) in [4.78, 5) is 21.3. The monoisotopic (exact) mass is 226 g/mol. The highest BCUT2D eigenvalue weighted by Gasteiger charge is 2.18. The molecule has 1 aromatic carbocycles. The van der Waals surface area contributed by atoms with Gasteiger partial charge in [-0.25, -0.2) is 0 Å². The van der Waals surface area contributed by atoms with E-state index < -0.39 is 17.9 Å². The number of aryl methyl sites for hydroxylation is 1. The van der Waals surface area contributed by atoms with Gasteiger partial charge in [-0.2, -0.15) is 0 Å². The van der Waals surface area contributed by atoms with E-state index in [1.54, 1.807) is 12.1 Å². The minimum Gasteiger partial charge on any atom is -0.481 e. The summed E-state index contributed by atoms with van der Waals surface area (Å²) in [5.74, 6) is -2.42. The summed E-state index contributed by atoms with van der Waals surface area (Å²) >= 11 is 0. The molecule has 0 aliphatic heterocycles. The summed E-state index contributed by atoms with van der Waals surface area (Å²) in [6.45, 7) is 1.92. The van der Waals surface area contributed by atoms with Crippen molar-refractivity contribution in [3.63, 3.8) is 0 Å². The van der Waals surface area contributed by atoms with Crippen molar-refractivity contribution >= 4 is 11.9 Å². The number of hydrogen-bond acceptors (Lipinski definition) is 2. The smallest absolute Gasteiger partial charge is 0.303 e. The Morgan fingerprint density at radius 3 is 2.38 bits per heavy atom. The number of rotatable bonds is 5. The maximum atomic E-state index is 10.6. The number of hydrogen-bond donors (Lipinski definition) is 2. The topological polar surface area (TPSA) is 74.6 Å². The van der Waals surface area contributed by atoms with Crippen LogP contribution in [0.2, 0.25) is 0 Å². The lowest BCUT2D eigenvalue weighted by Gasteiger charge is -2.12. The molecule has 1 rings (SSSR count). The van der Waals surface area contributed by atoms with Crippen LogP contribution in [0.25, 0.3) is 0 Å². The summed E-state index contributed by atoms with van der Waals surface area (Å²) in [6.07, 6.45) is -0.315. The molecule has 0 aliphatic carbocycles. The summed E-state index contributed by atoms with van der Waals surface area (Å²) < 4.78 is 0. The zero-order valence-corrected chi connectivity index (χ0v) is 9.01. The van der Waals surface area contributed by atoms with Crippen LogP contribution in [0.5, 0.6) is 0 Å². The number of carboxylic acid groups (broad SMARTS) is 2. The first-order valence-electron chi connectivity index (χ1n) is 4.99. The molecule has 4 heteroatoms. The van der Waals surface area contributed by atoms with Gasteiger partial charge in [0.2, 0.25) is 0 Å². The third-order valence-corrected chi connectivity index (χ3v) is 2.39.